The number of primary amides is 2. The Balaban J connectivity index is 1.94. The first-order valence-electron chi connectivity index (χ1n) is 10.3. The summed E-state index contributed by atoms with van der Waals surface area (Å²) in [7, 11) is 0. The highest BCUT2D eigenvalue weighted by molar-refractivity contribution is 6.18. The number of hydrogen-bond acceptors (Lipinski definition) is 2. The number of benzene rings is 4. The third-order valence-corrected chi connectivity index (χ3v) is 6.24. The second-order valence-corrected chi connectivity index (χ2v) is 7.93. The van der Waals surface area contributed by atoms with E-state index in [4.69, 9.17) is 11.5 Å². The molecule has 0 saturated heterocycles. The number of carbonyl (C=O) groups excluding carboxylic acids is 2. The summed E-state index contributed by atoms with van der Waals surface area (Å²) < 4.78 is 0. The predicted octanol–water partition coefficient (Wildman–Crippen LogP) is 4.74. The van der Waals surface area contributed by atoms with Crippen molar-refractivity contribution in [1.29, 1.82) is 0 Å². The summed E-state index contributed by atoms with van der Waals surface area (Å²) in [5.74, 6) is -1.31. The molecule has 0 radical (unpaired) electrons. The molecule has 1 aliphatic rings. The molecule has 4 nitrogen and oxygen atoms in total. The van der Waals surface area contributed by atoms with Crippen LogP contribution in [0, 0.1) is 0 Å². The minimum atomic E-state index is -0.659. The standard InChI is InChI=1S/C26H22N2O2/c27-25(29)21-11-5-10-20(24(21)26(28)30)23-14-22-16-7-2-1-6-15(16)12-13-19(22)17-8-3-4-9-18(17)23/h3-5,8-14H,1-2,6-7H2,(H2,27,29)(H2,28,30). The van der Waals surface area contributed by atoms with Crippen LogP contribution in [0.25, 0.3) is 32.7 Å². The van der Waals surface area contributed by atoms with E-state index in [2.05, 4.69) is 24.3 Å². The van der Waals surface area contributed by atoms with E-state index in [1.807, 2.05) is 24.3 Å². The van der Waals surface area contributed by atoms with Crippen molar-refractivity contribution in [3.63, 3.8) is 0 Å². The molecule has 148 valence electrons. The van der Waals surface area contributed by atoms with Gasteiger partial charge in [0.15, 0.2) is 0 Å². The van der Waals surface area contributed by atoms with Crippen LogP contribution in [-0.4, -0.2) is 11.8 Å². The second kappa shape index (κ2) is 6.99. The van der Waals surface area contributed by atoms with E-state index in [0.29, 0.717) is 5.56 Å². The van der Waals surface area contributed by atoms with Crippen molar-refractivity contribution in [2.45, 2.75) is 25.7 Å². The number of nitrogens with two attached hydrogens (primary N) is 2. The van der Waals surface area contributed by atoms with Gasteiger partial charge in [0.25, 0.3) is 0 Å². The molecular weight excluding hydrogens is 372 g/mol. The van der Waals surface area contributed by atoms with Crippen molar-refractivity contribution in [2.75, 3.05) is 0 Å². The van der Waals surface area contributed by atoms with E-state index < -0.39 is 11.8 Å². The number of fused-ring (bicyclic) bond motifs is 5. The first-order chi connectivity index (χ1) is 14.6. The molecule has 0 unspecified atom stereocenters. The van der Waals surface area contributed by atoms with Crippen LogP contribution in [0.5, 0.6) is 0 Å². The van der Waals surface area contributed by atoms with Gasteiger partial charge in [0, 0.05) is 0 Å². The smallest absolute Gasteiger partial charge is 0.250 e. The van der Waals surface area contributed by atoms with Crippen LogP contribution in [0.2, 0.25) is 0 Å². The molecule has 4 aromatic rings. The summed E-state index contributed by atoms with van der Waals surface area (Å²) in [5, 5.41) is 4.56. The van der Waals surface area contributed by atoms with E-state index in [1.165, 1.54) is 34.7 Å². The Morgan fingerprint density at radius 1 is 0.667 bits per heavy atom. The molecule has 0 aromatic heterocycles. The lowest BCUT2D eigenvalue weighted by atomic mass is 9.83. The molecule has 0 spiro atoms. The molecule has 0 aliphatic heterocycles. The fraction of sp³-hybridized carbons (Fsp3) is 0.154. The van der Waals surface area contributed by atoms with Crippen molar-refractivity contribution in [1.82, 2.24) is 0 Å². The topological polar surface area (TPSA) is 86.2 Å². The molecule has 30 heavy (non-hydrogen) atoms. The summed E-state index contributed by atoms with van der Waals surface area (Å²) in [4.78, 5) is 24.4. The molecule has 4 aromatic carbocycles. The lowest BCUT2D eigenvalue weighted by Gasteiger charge is -2.21. The number of rotatable bonds is 3. The van der Waals surface area contributed by atoms with Crippen molar-refractivity contribution in [3.05, 3.63) is 82.9 Å². The quantitative estimate of drug-likeness (QED) is 0.492. The predicted molar refractivity (Wildman–Crippen MR) is 121 cm³/mol. The van der Waals surface area contributed by atoms with Gasteiger partial charge in [0.05, 0.1) is 11.1 Å². The minimum absolute atomic E-state index is 0.152. The van der Waals surface area contributed by atoms with Gasteiger partial charge in [-0.25, -0.2) is 0 Å². The molecule has 4 N–H and O–H groups in total. The average molecular weight is 394 g/mol. The van der Waals surface area contributed by atoms with Gasteiger partial charge < -0.3 is 11.5 Å². The molecule has 0 heterocycles. The fourth-order valence-electron chi connectivity index (χ4n) is 4.90. The van der Waals surface area contributed by atoms with Crippen LogP contribution >= 0.6 is 0 Å². The Morgan fingerprint density at radius 2 is 1.40 bits per heavy atom. The molecule has 1 aliphatic carbocycles. The Hall–Kier alpha value is -3.66. The van der Waals surface area contributed by atoms with Gasteiger partial charge in [-0.3, -0.25) is 9.59 Å². The van der Waals surface area contributed by atoms with E-state index >= 15 is 0 Å². The average Bonchev–Trinajstić information content (AvgIpc) is 2.77. The van der Waals surface area contributed by atoms with Crippen molar-refractivity contribution >= 4 is 33.4 Å². The molecule has 5 rings (SSSR count). The zero-order valence-corrected chi connectivity index (χ0v) is 16.6. The normalized spacial score (nSPS) is 13.3. The first kappa shape index (κ1) is 18.4. The molecular formula is C26H22N2O2. The van der Waals surface area contributed by atoms with Gasteiger partial charge in [-0.1, -0.05) is 48.5 Å². The summed E-state index contributed by atoms with van der Waals surface area (Å²) >= 11 is 0. The van der Waals surface area contributed by atoms with Gasteiger partial charge >= 0.3 is 0 Å². The Morgan fingerprint density at radius 3 is 2.17 bits per heavy atom. The maximum absolute atomic E-state index is 12.4. The number of amides is 2. The van der Waals surface area contributed by atoms with Gasteiger partial charge in [0.2, 0.25) is 11.8 Å². The molecule has 0 fully saturated rings. The highest BCUT2D eigenvalue weighted by Gasteiger charge is 2.21. The van der Waals surface area contributed by atoms with Crippen LogP contribution in [0.1, 0.15) is 44.7 Å². The van der Waals surface area contributed by atoms with E-state index in [1.54, 1.807) is 12.1 Å². The van der Waals surface area contributed by atoms with E-state index in [0.717, 1.165) is 29.2 Å². The second-order valence-electron chi connectivity index (χ2n) is 7.93. The monoisotopic (exact) mass is 394 g/mol. The molecule has 0 atom stereocenters. The largest absolute Gasteiger partial charge is 0.366 e. The molecule has 0 saturated carbocycles. The van der Waals surface area contributed by atoms with Crippen molar-refractivity contribution in [3.8, 4) is 11.1 Å². The van der Waals surface area contributed by atoms with Gasteiger partial charge in [-0.05, 0) is 81.6 Å². The summed E-state index contributed by atoms with van der Waals surface area (Å²) in [6.45, 7) is 0. The van der Waals surface area contributed by atoms with Crippen LogP contribution < -0.4 is 11.5 Å². The molecule has 0 bridgehead atoms. The van der Waals surface area contributed by atoms with Gasteiger partial charge in [-0.15, -0.1) is 0 Å². The Labute approximate surface area is 174 Å². The van der Waals surface area contributed by atoms with Crippen LogP contribution in [0.15, 0.2) is 60.7 Å². The SMILES string of the molecule is NC(=O)c1cccc(-c2cc3c4c(ccc3c3ccccc23)CCCC4)c1C(N)=O. The van der Waals surface area contributed by atoms with Gasteiger partial charge in [0.1, 0.15) is 0 Å². The van der Waals surface area contributed by atoms with E-state index in [-0.39, 0.29) is 11.1 Å². The molecule has 2 amide bonds. The molecule has 4 heteroatoms. The van der Waals surface area contributed by atoms with Crippen molar-refractivity contribution in [2.24, 2.45) is 11.5 Å². The van der Waals surface area contributed by atoms with Crippen LogP contribution in [0.4, 0.5) is 0 Å². The zero-order chi connectivity index (χ0) is 20.8. The highest BCUT2D eigenvalue weighted by atomic mass is 16.2. The third-order valence-electron chi connectivity index (χ3n) is 6.24. The minimum Gasteiger partial charge on any atom is -0.366 e. The lowest BCUT2D eigenvalue weighted by molar-refractivity contribution is 0.0968. The number of hydrogen-bond donors (Lipinski definition) is 2. The summed E-state index contributed by atoms with van der Waals surface area (Å²) in [6, 6.07) is 19.9. The Kier molecular flexibility index (Phi) is 4.28. The fourth-order valence-corrected chi connectivity index (χ4v) is 4.90. The maximum Gasteiger partial charge on any atom is 0.250 e. The van der Waals surface area contributed by atoms with Gasteiger partial charge in [-0.2, -0.15) is 0 Å². The van der Waals surface area contributed by atoms with Crippen molar-refractivity contribution < 1.29 is 9.59 Å². The first-order valence-corrected chi connectivity index (χ1v) is 10.3. The van der Waals surface area contributed by atoms with Crippen LogP contribution in [-0.2, 0) is 12.8 Å². The Bertz CT molecular complexity index is 1350. The number of carbonyl (C=O) groups is 2. The zero-order valence-electron chi connectivity index (χ0n) is 16.6. The van der Waals surface area contributed by atoms with Crippen LogP contribution in [0.3, 0.4) is 0 Å². The summed E-state index contributed by atoms with van der Waals surface area (Å²) in [6.07, 6.45) is 4.54. The summed E-state index contributed by atoms with van der Waals surface area (Å²) in [5.41, 5.74) is 15.9. The lowest BCUT2D eigenvalue weighted by Crippen LogP contribution is -2.21. The van der Waals surface area contributed by atoms with E-state index in [9.17, 15) is 9.59 Å². The maximum atomic E-state index is 12.4. The third kappa shape index (κ3) is 2.76. The number of aryl methyl sites for hydroxylation is 2. The highest BCUT2D eigenvalue weighted by Crippen LogP contribution is 2.40.